The van der Waals surface area contributed by atoms with Gasteiger partial charge in [0.25, 0.3) is 0 Å². The van der Waals surface area contributed by atoms with E-state index in [0.29, 0.717) is 11.8 Å². The molecule has 2 saturated heterocycles. The van der Waals surface area contributed by atoms with Crippen molar-refractivity contribution in [2.24, 2.45) is 5.92 Å². The number of H-pyrrole nitrogens is 1. The van der Waals surface area contributed by atoms with Gasteiger partial charge in [-0.1, -0.05) is 36.4 Å². The topological polar surface area (TPSA) is 64.6 Å². The van der Waals surface area contributed by atoms with Crippen LogP contribution in [0.3, 0.4) is 0 Å². The Morgan fingerprint density at radius 1 is 0.946 bits per heavy atom. The maximum atomic E-state index is 10.7. The highest BCUT2D eigenvalue weighted by molar-refractivity contribution is 5.95. The third-order valence-corrected chi connectivity index (χ3v) is 8.36. The van der Waals surface area contributed by atoms with E-state index in [2.05, 4.69) is 77.4 Å². The number of methoxy groups -OCH3 is 1. The van der Waals surface area contributed by atoms with Gasteiger partial charge in [-0.2, -0.15) is 0 Å². The van der Waals surface area contributed by atoms with Crippen molar-refractivity contribution in [3.8, 4) is 28.0 Å². The molecule has 6 heteroatoms. The highest BCUT2D eigenvalue weighted by atomic mass is 16.5. The zero-order chi connectivity index (χ0) is 25.5. The summed E-state index contributed by atoms with van der Waals surface area (Å²) in [6, 6.07) is 17.2. The number of hydrogen-bond donors (Lipinski definition) is 2. The first-order valence-electron chi connectivity index (χ1n) is 13.3. The molecule has 2 aliphatic heterocycles. The number of likely N-dealkylation sites (tertiary alicyclic amines) is 2. The van der Waals surface area contributed by atoms with Gasteiger partial charge in [0, 0.05) is 47.9 Å². The number of aromatic nitrogens is 2. The van der Waals surface area contributed by atoms with Crippen LogP contribution in [0, 0.1) is 5.92 Å². The van der Waals surface area contributed by atoms with Crippen molar-refractivity contribution in [1.29, 1.82) is 0 Å². The quantitative estimate of drug-likeness (QED) is 0.379. The average Bonchev–Trinajstić information content (AvgIpc) is 3.34. The summed E-state index contributed by atoms with van der Waals surface area (Å²) >= 11 is 0. The third-order valence-electron chi connectivity index (χ3n) is 8.36. The van der Waals surface area contributed by atoms with Gasteiger partial charge in [-0.3, -0.25) is 0 Å². The second kappa shape index (κ2) is 9.93. The lowest BCUT2D eigenvalue weighted by molar-refractivity contribution is 0.00901. The van der Waals surface area contributed by atoms with Crippen LogP contribution in [0.1, 0.15) is 36.0 Å². The first kappa shape index (κ1) is 24.2. The summed E-state index contributed by atoms with van der Waals surface area (Å²) in [6.45, 7) is 4.15. The fraction of sp³-hybridized carbons (Fsp3) is 0.387. The van der Waals surface area contributed by atoms with Gasteiger partial charge < -0.3 is 24.6 Å². The molecule has 2 aromatic heterocycles. The van der Waals surface area contributed by atoms with E-state index >= 15 is 0 Å². The predicted octanol–water partition coefficient (Wildman–Crippen LogP) is 5.31. The molecule has 2 aromatic carbocycles. The fourth-order valence-corrected chi connectivity index (χ4v) is 6.03. The van der Waals surface area contributed by atoms with E-state index in [1.165, 1.54) is 18.4 Å². The van der Waals surface area contributed by atoms with E-state index in [9.17, 15) is 5.11 Å². The molecule has 0 amide bonds. The van der Waals surface area contributed by atoms with E-state index in [-0.39, 0.29) is 0 Å². The van der Waals surface area contributed by atoms with Gasteiger partial charge in [0.1, 0.15) is 11.4 Å². The molecule has 37 heavy (non-hydrogen) atoms. The van der Waals surface area contributed by atoms with E-state index in [1.54, 1.807) is 7.11 Å². The van der Waals surface area contributed by atoms with Crippen molar-refractivity contribution in [2.75, 3.05) is 47.4 Å². The zero-order valence-electron chi connectivity index (χ0n) is 21.9. The van der Waals surface area contributed by atoms with Crippen LogP contribution in [0.4, 0.5) is 0 Å². The van der Waals surface area contributed by atoms with E-state index < -0.39 is 6.10 Å². The number of aliphatic hydroxyl groups is 1. The summed E-state index contributed by atoms with van der Waals surface area (Å²) in [5.74, 6) is 1.83. The van der Waals surface area contributed by atoms with E-state index in [0.717, 1.165) is 70.8 Å². The second-order valence-electron chi connectivity index (χ2n) is 10.9. The Bertz CT molecular complexity index is 1380. The van der Waals surface area contributed by atoms with Crippen LogP contribution in [-0.4, -0.2) is 72.3 Å². The Balaban J connectivity index is 1.28. The average molecular weight is 497 g/mol. The van der Waals surface area contributed by atoms with Gasteiger partial charge in [-0.25, -0.2) is 4.98 Å². The highest BCUT2D eigenvalue weighted by Gasteiger charge is 2.30. The third kappa shape index (κ3) is 4.65. The number of nitrogens with one attached hydrogen (secondary N) is 1. The molecule has 1 unspecified atom stereocenters. The number of aliphatic hydroxyl groups excluding tert-OH is 1. The van der Waals surface area contributed by atoms with Crippen molar-refractivity contribution < 1.29 is 9.84 Å². The van der Waals surface area contributed by atoms with Crippen LogP contribution >= 0.6 is 0 Å². The number of fused-ring (bicyclic) bond motifs is 1. The molecule has 0 saturated carbocycles. The van der Waals surface area contributed by atoms with Crippen LogP contribution in [0.2, 0.25) is 0 Å². The zero-order valence-corrected chi connectivity index (χ0v) is 21.9. The van der Waals surface area contributed by atoms with Gasteiger partial charge in [-0.05, 0) is 80.3 Å². The largest absolute Gasteiger partial charge is 0.496 e. The summed E-state index contributed by atoms with van der Waals surface area (Å²) in [6.07, 6.45) is 5.88. The molecule has 2 N–H and O–H groups in total. The smallest absolute Gasteiger partial charge is 0.137 e. The van der Waals surface area contributed by atoms with Crippen LogP contribution in [0.15, 0.2) is 60.9 Å². The second-order valence-corrected chi connectivity index (χ2v) is 10.9. The van der Waals surface area contributed by atoms with Crippen molar-refractivity contribution in [3.05, 3.63) is 72.1 Å². The fourth-order valence-electron chi connectivity index (χ4n) is 6.03. The lowest BCUT2D eigenvalue weighted by Crippen LogP contribution is -2.46. The molecule has 0 spiro atoms. The minimum absolute atomic E-state index is 0.318. The van der Waals surface area contributed by atoms with Crippen LogP contribution in [0.5, 0.6) is 5.75 Å². The summed E-state index contributed by atoms with van der Waals surface area (Å²) in [5.41, 5.74) is 7.58. The Labute approximate surface area is 218 Å². The lowest BCUT2D eigenvalue weighted by atomic mass is 9.88. The van der Waals surface area contributed by atoms with Gasteiger partial charge in [-0.15, -0.1) is 0 Å². The standard InChI is InChI=1S/C31H36N4O2/c1-34-12-10-21(11-13-34)26-9-8-23(15-29(26)37-3)24-14-27-28(17-33-31(27)32-16-24)20-4-6-22(7-5-20)30(36)25-18-35(2)19-25/h4-9,14-17,21,25,30,36H,10-13,18-19H2,1-3H3,(H,32,33). The Morgan fingerprint density at radius 3 is 2.38 bits per heavy atom. The van der Waals surface area contributed by atoms with Gasteiger partial charge in [0.15, 0.2) is 0 Å². The molecule has 192 valence electrons. The molecule has 0 bridgehead atoms. The summed E-state index contributed by atoms with van der Waals surface area (Å²) in [7, 11) is 6.06. The number of rotatable bonds is 6. The summed E-state index contributed by atoms with van der Waals surface area (Å²) in [5, 5.41) is 11.8. The van der Waals surface area contributed by atoms with E-state index in [4.69, 9.17) is 9.72 Å². The molecule has 0 radical (unpaired) electrons. The summed E-state index contributed by atoms with van der Waals surface area (Å²) < 4.78 is 5.86. The van der Waals surface area contributed by atoms with Crippen LogP contribution in [0.25, 0.3) is 33.3 Å². The molecule has 1 atom stereocenters. The molecule has 6 rings (SSSR count). The molecule has 0 aliphatic carbocycles. The van der Waals surface area contributed by atoms with Gasteiger partial charge >= 0.3 is 0 Å². The maximum absolute atomic E-state index is 10.7. The minimum atomic E-state index is -0.408. The number of aromatic amines is 1. The number of pyridine rings is 1. The first-order chi connectivity index (χ1) is 18.0. The molecule has 4 aromatic rings. The number of ether oxygens (including phenoxy) is 1. The minimum Gasteiger partial charge on any atom is -0.496 e. The SMILES string of the molecule is COc1cc(-c2cnc3[nH]cc(-c4ccc(C(O)C5CN(C)C5)cc4)c3c2)ccc1C1CCN(C)CC1. The highest BCUT2D eigenvalue weighted by Crippen LogP contribution is 2.38. The number of benzene rings is 2. The maximum Gasteiger partial charge on any atom is 0.137 e. The van der Waals surface area contributed by atoms with Crippen molar-refractivity contribution in [1.82, 2.24) is 19.8 Å². The number of piperidine rings is 1. The molecular weight excluding hydrogens is 460 g/mol. The number of hydrogen-bond acceptors (Lipinski definition) is 5. The van der Waals surface area contributed by atoms with Crippen molar-refractivity contribution in [2.45, 2.75) is 24.9 Å². The predicted molar refractivity (Wildman–Crippen MR) is 149 cm³/mol. The first-order valence-corrected chi connectivity index (χ1v) is 13.3. The normalized spacial score (nSPS) is 18.7. The molecule has 2 aliphatic rings. The monoisotopic (exact) mass is 496 g/mol. The van der Waals surface area contributed by atoms with Crippen LogP contribution in [-0.2, 0) is 0 Å². The Hall–Kier alpha value is -3.19. The molecule has 6 nitrogen and oxygen atoms in total. The Morgan fingerprint density at radius 2 is 1.68 bits per heavy atom. The van der Waals surface area contributed by atoms with Gasteiger partial charge in [0.2, 0.25) is 0 Å². The van der Waals surface area contributed by atoms with Crippen LogP contribution < -0.4 is 4.74 Å². The number of nitrogens with zero attached hydrogens (tertiary/aromatic N) is 3. The summed E-state index contributed by atoms with van der Waals surface area (Å²) in [4.78, 5) is 12.7. The van der Waals surface area contributed by atoms with Crippen molar-refractivity contribution in [3.63, 3.8) is 0 Å². The molecule has 4 heterocycles. The van der Waals surface area contributed by atoms with Gasteiger partial charge in [0.05, 0.1) is 13.2 Å². The van der Waals surface area contributed by atoms with E-state index in [1.807, 2.05) is 12.4 Å². The lowest BCUT2D eigenvalue weighted by Gasteiger charge is -2.39. The Kier molecular flexibility index (Phi) is 6.49. The van der Waals surface area contributed by atoms with Crippen molar-refractivity contribution >= 4 is 11.0 Å². The molecular formula is C31H36N4O2. The molecule has 2 fully saturated rings.